The number of hydrogen-bond acceptors (Lipinski definition) is 5. The van der Waals surface area contributed by atoms with Crippen molar-refractivity contribution in [1.29, 1.82) is 0 Å². The molecular formula is C22H15ClN4O3. The fourth-order valence-electron chi connectivity index (χ4n) is 3.17. The van der Waals surface area contributed by atoms with Crippen LogP contribution >= 0.6 is 11.6 Å². The Morgan fingerprint density at radius 1 is 0.967 bits per heavy atom. The van der Waals surface area contributed by atoms with Crippen LogP contribution in [0.1, 0.15) is 10.4 Å². The first-order valence-electron chi connectivity index (χ1n) is 9.15. The molecule has 5 rings (SSSR count). The molecule has 0 bridgehead atoms. The average molecular weight is 419 g/mol. The molecule has 0 saturated carbocycles. The largest absolute Gasteiger partial charge is 0.454 e. The van der Waals surface area contributed by atoms with Crippen LogP contribution in [0.25, 0.3) is 16.9 Å². The number of hydrogen-bond donors (Lipinski definition) is 1. The maximum Gasteiger partial charge on any atom is 0.255 e. The van der Waals surface area contributed by atoms with Crippen molar-refractivity contribution in [3.05, 3.63) is 83.5 Å². The van der Waals surface area contributed by atoms with Crippen molar-refractivity contribution in [2.75, 3.05) is 12.1 Å². The van der Waals surface area contributed by atoms with E-state index in [1.807, 2.05) is 48.5 Å². The topological polar surface area (TPSA) is 78.3 Å². The Hall–Kier alpha value is -3.84. The standard InChI is InChI=1S/C22H15ClN4O3/c23-16-4-1-14(2-5-16)19-12-24-26-27(19)18-8-6-17(7-9-18)25-22(28)15-3-10-20-21(11-15)30-13-29-20/h1-12H,13H2,(H,25,28). The van der Waals surface area contributed by atoms with Crippen molar-refractivity contribution in [2.24, 2.45) is 0 Å². The summed E-state index contributed by atoms with van der Waals surface area (Å²) in [7, 11) is 0. The highest BCUT2D eigenvalue weighted by Gasteiger charge is 2.16. The van der Waals surface area contributed by atoms with E-state index in [0.717, 1.165) is 16.9 Å². The summed E-state index contributed by atoms with van der Waals surface area (Å²) >= 11 is 5.98. The number of anilines is 1. The number of nitrogens with one attached hydrogen (secondary N) is 1. The third-order valence-corrected chi connectivity index (χ3v) is 4.95. The number of benzene rings is 3. The van der Waals surface area contributed by atoms with Gasteiger partial charge in [0.1, 0.15) is 0 Å². The van der Waals surface area contributed by atoms with Crippen LogP contribution in [-0.4, -0.2) is 27.7 Å². The number of fused-ring (bicyclic) bond motifs is 1. The number of halogens is 1. The summed E-state index contributed by atoms with van der Waals surface area (Å²) in [5.74, 6) is 0.975. The molecule has 1 amide bonds. The van der Waals surface area contributed by atoms with Gasteiger partial charge in [-0.3, -0.25) is 4.79 Å². The van der Waals surface area contributed by atoms with Gasteiger partial charge in [-0.1, -0.05) is 28.9 Å². The van der Waals surface area contributed by atoms with Crippen LogP contribution in [0.5, 0.6) is 11.5 Å². The van der Waals surface area contributed by atoms with Crippen LogP contribution in [0.2, 0.25) is 5.02 Å². The summed E-state index contributed by atoms with van der Waals surface area (Å²) in [6.45, 7) is 0.169. The minimum Gasteiger partial charge on any atom is -0.454 e. The molecule has 148 valence electrons. The summed E-state index contributed by atoms with van der Waals surface area (Å²) in [6, 6.07) is 19.9. The first kappa shape index (κ1) is 18.2. The molecule has 4 aromatic rings. The van der Waals surface area contributed by atoms with E-state index in [2.05, 4.69) is 15.6 Å². The van der Waals surface area contributed by atoms with Crippen LogP contribution < -0.4 is 14.8 Å². The van der Waals surface area contributed by atoms with Crippen molar-refractivity contribution < 1.29 is 14.3 Å². The average Bonchev–Trinajstić information content (AvgIpc) is 3.44. The van der Waals surface area contributed by atoms with Gasteiger partial charge in [0, 0.05) is 21.8 Å². The molecule has 1 aliphatic heterocycles. The van der Waals surface area contributed by atoms with Gasteiger partial charge in [0.2, 0.25) is 6.79 Å². The van der Waals surface area contributed by atoms with Crippen LogP contribution in [0.15, 0.2) is 72.9 Å². The van der Waals surface area contributed by atoms with Gasteiger partial charge in [0.05, 0.1) is 17.6 Å². The summed E-state index contributed by atoms with van der Waals surface area (Å²) in [5, 5.41) is 11.7. The number of ether oxygens (including phenoxy) is 2. The third-order valence-electron chi connectivity index (χ3n) is 4.69. The van der Waals surface area contributed by atoms with E-state index in [-0.39, 0.29) is 12.7 Å². The van der Waals surface area contributed by atoms with E-state index in [4.69, 9.17) is 21.1 Å². The second-order valence-corrected chi connectivity index (χ2v) is 7.04. The molecule has 0 unspecified atom stereocenters. The first-order valence-corrected chi connectivity index (χ1v) is 9.53. The lowest BCUT2D eigenvalue weighted by Crippen LogP contribution is -2.11. The van der Waals surface area contributed by atoms with Gasteiger partial charge in [-0.25, -0.2) is 4.68 Å². The van der Waals surface area contributed by atoms with E-state index < -0.39 is 0 Å². The van der Waals surface area contributed by atoms with E-state index in [0.29, 0.717) is 27.8 Å². The zero-order valence-electron chi connectivity index (χ0n) is 15.6. The number of nitrogens with zero attached hydrogens (tertiary/aromatic N) is 3. The van der Waals surface area contributed by atoms with E-state index in [1.165, 1.54) is 0 Å². The number of aromatic nitrogens is 3. The minimum absolute atomic E-state index is 0.169. The van der Waals surface area contributed by atoms with Crippen molar-refractivity contribution >= 4 is 23.2 Å². The molecular weight excluding hydrogens is 404 g/mol. The van der Waals surface area contributed by atoms with Crippen LogP contribution in [0.4, 0.5) is 5.69 Å². The summed E-state index contributed by atoms with van der Waals surface area (Å²) in [6.07, 6.45) is 1.69. The number of carbonyl (C=O) groups excluding carboxylic acids is 1. The molecule has 30 heavy (non-hydrogen) atoms. The first-order chi connectivity index (χ1) is 14.7. The van der Waals surface area contributed by atoms with Gasteiger partial charge in [0.15, 0.2) is 11.5 Å². The van der Waals surface area contributed by atoms with Crippen molar-refractivity contribution in [3.8, 4) is 28.4 Å². The van der Waals surface area contributed by atoms with Crippen molar-refractivity contribution in [2.45, 2.75) is 0 Å². The van der Waals surface area contributed by atoms with Crippen LogP contribution in [0, 0.1) is 0 Å². The van der Waals surface area contributed by atoms with Gasteiger partial charge >= 0.3 is 0 Å². The molecule has 1 aliphatic rings. The molecule has 1 aromatic heterocycles. The summed E-state index contributed by atoms with van der Waals surface area (Å²) in [5.41, 5.74) is 3.76. The van der Waals surface area contributed by atoms with Crippen molar-refractivity contribution in [1.82, 2.24) is 15.0 Å². The minimum atomic E-state index is -0.233. The molecule has 0 saturated heterocycles. The molecule has 7 nitrogen and oxygen atoms in total. The lowest BCUT2D eigenvalue weighted by atomic mass is 10.1. The number of carbonyl (C=O) groups is 1. The Labute approximate surface area is 176 Å². The van der Waals surface area contributed by atoms with Crippen molar-refractivity contribution in [3.63, 3.8) is 0 Å². The second-order valence-electron chi connectivity index (χ2n) is 6.61. The van der Waals surface area contributed by atoms with Gasteiger partial charge in [-0.2, -0.15) is 0 Å². The maximum absolute atomic E-state index is 12.5. The fourth-order valence-corrected chi connectivity index (χ4v) is 3.30. The van der Waals surface area contributed by atoms with Crippen LogP contribution in [-0.2, 0) is 0 Å². The summed E-state index contributed by atoms with van der Waals surface area (Å²) in [4.78, 5) is 12.5. The highest BCUT2D eigenvalue weighted by molar-refractivity contribution is 6.30. The molecule has 0 aliphatic carbocycles. The predicted octanol–water partition coefficient (Wildman–Crippen LogP) is 4.57. The van der Waals surface area contributed by atoms with E-state index >= 15 is 0 Å². The Morgan fingerprint density at radius 2 is 1.73 bits per heavy atom. The lowest BCUT2D eigenvalue weighted by molar-refractivity contribution is 0.102. The molecule has 3 aromatic carbocycles. The quantitative estimate of drug-likeness (QED) is 0.525. The van der Waals surface area contributed by atoms with E-state index in [1.54, 1.807) is 29.1 Å². The monoisotopic (exact) mass is 418 g/mol. The molecule has 8 heteroatoms. The lowest BCUT2D eigenvalue weighted by Gasteiger charge is -2.09. The molecule has 0 fully saturated rings. The normalized spacial score (nSPS) is 12.0. The predicted molar refractivity (Wildman–Crippen MR) is 112 cm³/mol. The Morgan fingerprint density at radius 3 is 2.53 bits per heavy atom. The highest BCUT2D eigenvalue weighted by atomic mass is 35.5. The molecule has 0 spiro atoms. The van der Waals surface area contributed by atoms with Gasteiger partial charge in [0.25, 0.3) is 5.91 Å². The van der Waals surface area contributed by atoms with Crippen LogP contribution in [0.3, 0.4) is 0 Å². The molecule has 0 radical (unpaired) electrons. The summed E-state index contributed by atoms with van der Waals surface area (Å²) < 4.78 is 12.3. The van der Waals surface area contributed by atoms with Gasteiger partial charge < -0.3 is 14.8 Å². The Kier molecular flexibility index (Phi) is 4.57. The Bertz CT molecular complexity index is 1220. The highest BCUT2D eigenvalue weighted by Crippen LogP contribution is 2.32. The van der Waals surface area contributed by atoms with Gasteiger partial charge in [-0.05, 0) is 54.6 Å². The molecule has 2 heterocycles. The number of rotatable bonds is 4. The molecule has 0 atom stereocenters. The smallest absolute Gasteiger partial charge is 0.255 e. The zero-order chi connectivity index (χ0) is 20.5. The van der Waals surface area contributed by atoms with E-state index in [9.17, 15) is 4.79 Å². The molecule has 1 N–H and O–H groups in total. The number of amides is 1. The van der Waals surface area contributed by atoms with Gasteiger partial charge in [-0.15, -0.1) is 5.10 Å². The SMILES string of the molecule is O=C(Nc1ccc(-n2nncc2-c2ccc(Cl)cc2)cc1)c1ccc2c(c1)OCO2. The Balaban J connectivity index is 1.35. The second kappa shape index (κ2) is 7.53. The fraction of sp³-hybridized carbons (Fsp3) is 0.0455. The third kappa shape index (κ3) is 3.46. The zero-order valence-corrected chi connectivity index (χ0v) is 16.3. The maximum atomic E-state index is 12.5.